The lowest BCUT2D eigenvalue weighted by atomic mass is 10.1. The summed E-state index contributed by atoms with van der Waals surface area (Å²) in [5.74, 6) is 2.76. The summed E-state index contributed by atoms with van der Waals surface area (Å²) in [6.07, 6.45) is 0. The van der Waals surface area contributed by atoms with E-state index in [-0.39, 0.29) is 12.7 Å². The molecule has 39 heavy (non-hydrogen) atoms. The average molecular weight is 521 g/mol. The van der Waals surface area contributed by atoms with Gasteiger partial charge in [-0.1, -0.05) is 54.6 Å². The number of amides is 1. The zero-order chi connectivity index (χ0) is 26.6. The minimum Gasteiger partial charge on any atom is -0.454 e. The second-order valence-corrected chi connectivity index (χ2v) is 9.51. The third-order valence-corrected chi connectivity index (χ3v) is 6.94. The molecule has 0 radical (unpaired) electrons. The Bertz CT molecular complexity index is 1540. The van der Waals surface area contributed by atoms with Gasteiger partial charge in [-0.15, -0.1) is 0 Å². The van der Waals surface area contributed by atoms with Crippen LogP contribution in [-0.4, -0.2) is 40.2 Å². The number of nitrogens with one attached hydrogen (secondary N) is 2. The van der Waals surface area contributed by atoms with Gasteiger partial charge in [0.2, 0.25) is 6.79 Å². The number of fused-ring (bicyclic) bond motifs is 2. The third-order valence-electron chi connectivity index (χ3n) is 6.94. The number of benzene rings is 3. The molecule has 0 bridgehead atoms. The standard InChI is InChI=1S/C30H28N6O3/c31-15-23-8-4-5-9-24(23)19-35-13-12-33-29-28(30(35)37)36(18-21-6-2-1-3-7-21)27(34-29)17-32-16-22-10-11-25-26(14-22)39-20-38-25/h1-11,14,32-33H,12-13,16-20H2. The number of aromatic nitrogens is 2. The molecule has 0 unspecified atom stereocenters. The van der Waals surface area contributed by atoms with Crippen molar-refractivity contribution in [1.29, 1.82) is 5.26 Å². The van der Waals surface area contributed by atoms with Gasteiger partial charge < -0.3 is 29.6 Å². The van der Waals surface area contributed by atoms with Crippen molar-refractivity contribution >= 4 is 11.7 Å². The fraction of sp³-hybridized carbons (Fsp3) is 0.233. The number of anilines is 1. The van der Waals surface area contributed by atoms with Crippen LogP contribution in [0.25, 0.3) is 0 Å². The molecule has 196 valence electrons. The molecule has 9 nitrogen and oxygen atoms in total. The molecule has 0 aliphatic carbocycles. The fourth-order valence-electron chi connectivity index (χ4n) is 4.96. The number of nitriles is 1. The van der Waals surface area contributed by atoms with Gasteiger partial charge in [0, 0.05) is 32.7 Å². The van der Waals surface area contributed by atoms with Gasteiger partial charge in [-0.2, -0.15) is 5.26 Å². The lowest BCUT2D eigenvalue weighted by Crippen LogP contribution is -2.34. The highest BCUT2D eigenvalue weighted by atomic mass is 16.7. The molecule has 2 aliphatic heterocycles. The Labute approximate surface area is 226 Å². The monoisotopic (exact) mass is 520 g/mol. The minimum absolute atomic E-state index is 0.104. The summed E-state index contributed by atoms with van der Waals surface area (Å²) in [5, 5.41) is 16.4. The van der Waals surface area contributed by atoms with Crippen LogP contribution in [0, 0.1) is 11.3 Å². The van der Waals surface area contributed by atoms with Gasteiger partial charge >= 0.3 is 0 Å². The van der Waals surface area contributed by atoms with Crippen molar-refractivity contribution in [2.24, 2.45) is 0 Å². The number of rotatable bonds is 8. The van der Waals surface area contributed by atoms with Crippen LogP contribution in [0.15, 0.2) is 72.8 Å². The van der Waals surface area contributed by atoms with Gasteiger partial charge in [0.25, 0.3) is 5.91 Å². The van der Waals surface area contributed by atoms with Crippen molar-refractivity contribution < 1.29 is 14.3 Å². The zero-order valence-electron chi connectivity index (χ0n) is 21.4. The van der Waals surface area contributed by atoms with E-state index in [0.717, 1.165) is 34.0 Å². The maximum atomic E-state index is 14.0. The lowest BCUT2D eigenvalue weighted by molar-refractivity contribution is 0.0745. The van der Waals surface area contributed by atoms with Crippen LogP contribution >= 0.6 is 0 Å². The van der Waals surface area contributed by atoms with Crippen LogP contribution < -0.4 is 20.1 Å². The minimum atomic E-state index is -0.104. The Hall–Kier alpha value is -4.81. The molecule has 3 aromatic carbocycles. The van der Waals surface area contributed by atoms with Crippen LogP contribution in [-0.2, 0) is 26.2 Å². The quantitative estimate of drug-likeness (QED) is 0.363. The SMILES string of the molecule is N#Cc1ccccc1CN1CCNc2nc(CNCc3ccc4c(c3)OCO4)n(Cc3ccccc3)c2C1=O. The molecular formula is C30H28N6O3. The molecule has 9 heteroatoms. The van der Waals surface area contributed by atoms with E-state index >= 15 is 0 Å². The predicted octanol–water partition coefficient (Wildman–Crippen LogP) is 3.89. The number of nitrogens with zero attached hydrogens (tertiary/aromatic N) is 4. The van der Waals surface area contributed by atoms with E-state index in [0.29, 0.717) is 56.3 Å². The van der Waals surface area contributed by atoms with Crippen molar-refractivity contribution in [3.63, 3.8) is 0 Å². The highest BCUT2D eigenvalue weighted by Gasteiger charge is 2.30. The number of carbonyl (C=O) groups excluding carboxylic acids is 1. The number of hydrogen-bond donors (Lipinski definition) is 2. The summed E-state index contributed by atoms with van der Waals surface area (Å²) in [5.41, 5.74) is 4.09. The zero-order valence-corrected chi connectivity index (χ0v) is 21.4. The van der Waals surface area contributed by atoms with Gasteiger partial charge in [0.15, 0.2) is 23.0 Å². The first-order chi connectivity index (χ1) is 19.2. The van der Waals surface area contributed by atoms with Crippen molar-refractivity contribution in [3.8, 4) is 17.6 Å². The maximum Gasteiger partial charge on any atom is 0.274 e. The highest BCUT2D eigenvalue weighted by Crippen LogP contribution is 2.32. The van der Waals surface area contributed by atoms with Crippen molar-refractivity contribution in [2.45, 2.75) is 26.2 Å². The maximum absolute atomic E-state index is 14.0. The van der Waals surface area contributed by atoms with Crippen molar-refractivity contribution in [1.82, 2.24) is 19.8 Å². The van der Waals surface area contributed by atoms with Gasteiger partial charge in [0.1, 0.15) is 5.82 Å². The summed E-state index contributed by atoms with van der Waals surface area (Å²) in [4.78, 5) is 20.6. The first-order valence-corrected chi connectivity index (χ1v) is 12.9. The number of carbonyl (C=O) groups is 1. The van der Waals surface area contributed by atoms with E-state index in [1.807, 2.05) is 71.3 Å². The Morgan fingerprint density at radius 3 is 2.64 bits per heavy atom. The van der Waals surface area contributed by atoms with Crippen LogP contribution in [0.5, 0.6) is 11.5 Å². The number of imidazole rings is 1. The molecule has 6 rings (SSSR count). The highest BCUT2D eigenvalue weighted by molar-refractivity contribution is 5.98. The molecule has 0 atom stereocenters. The Morgan fingerprint density at radius 2 is 1.77 bits per heavy atom. The van der Waals surface area contributed by atoms with Gasteiger partial charge in [-0.25, -0.2) is 4.98 Å². The summed E-state index contributed by atoms with van der Waals surface area (Å²) in [6, 6.07) is 25.6. The summed E-state index contributed by atoms with van der Waals surface area (Å²) >= 11 is 0. The van der Waals surface area contributed by atoms with Crippen LogP contribution in [0.2, 0.25) is 0 Å². The van der Waals surface area contributed by atoms with Gasteiger partial charge in [-0.3, -0.25) is 4.79 Å². The number of hydrogen-bond acceptors (Lipinski definition) is 7. The Balaban J connectivity index is 1.27. The van der Waals surface area contributed by atoms with E-state index in [1.54, 1.807) is 11.0 Å². The predicted molar refractivity (Wildman–Crippen MR) is 145 cm³/mol. The Kier molecular flexibility index (Phi) is 6.85. The molecule has 2 N–H and O–H groups in total. The molecular weight excluding hydrogens is 492 g/mol. The van der Waals surface area contributed by atoms with Crippen LogP contribution in [0.1, 0.15) is 38.6 Å². The van der Waals surface area contributed by atoms with Crippen LogP contribution in [0.3, 0.4) is 0 Å². The Morgan fingerprint density at radius 1 is 0.949 bits per heavy atom. The molecule has 1 amide bonds. The average Bonchev–Trinajstić information content (AvgIpc) is 3.53. The molecule has 3 heterocycles. The molecule has 2 aliphatic rings. The first-order valence-electron chi connectivity index (χ1n) is 12.9. The molecule has 4 aromatic rings. The van der Waals surface area contributed by atoms with E-state index in [2.05, 4.69) is 16.7 Å². The van der Waals surface area contributed by atoms with E-state index < -0.39 is 0 Å². The topological polar surface area (TPSA) is 104 Å². The van der Waals surface area contributed by atoms with Gasteiger partial charge in [0.05, 0.1) is 18.2 Å². The molecule has 0 spiro atoms. The second kappa shape index (κ2) is 10.9. The van der Waals surface area contributed by atoms with E-state index in [4.69, 9.17) is 14.5 Å². The second-order valence-electron chi connectivity index (χ2n) is 9.51. The third kappa shape index (κ3) is 5.15. The first kappa shape index (κ1) is 24.5. The summed E-state index contributed by atoms with van der Waals surface area (Å²) < 4.78 is 12.9. The molecule has 0 fully saturated rings. The largest absolute Gasteiger partial charge is 0.454 e. The van der Waals surface area contributed by atoms with Crippen molar-refractivity contribution in [3.05, 3.63) is 107 Å². The fourth-order valence-corrected chi connectivity index (χ4v) is 4.96. The van der Waals surface area contributed by atoms with E-state index in [1.165, 1.54) is 0 Å². The summed E-state index contributed by atoms with van der Waals surface area (Å²) in [6.45, 7) is 3.28. The van der Waals surface area contributed by atoms with E-state index in [9.17, 15) is 10.1 Å². The van der Waals surface area contributed by atoms with Crippen molar-refractivity contribution in [2.75, 3.05) is 25.2 Å². The molecule has 1 aromatic heterocycles. The lowest BCUT2D eigenvalue weighted by Gasteiger charge is -2.22. The number of ether oxygens (including phenoxy) is 2. The normalized spacial score (nSPS) is 13.9. The molecule has 0 saturated carbocycles. The molecule has 0 saturated heterocycles. The van der Waals surface area contributed by atoms with Gasteiger partial charge in [-0.05, 0) is 34.9 Å². The summed E-state index contributed by atoms with van der Waals surface area (Å²) in [7, 11) is 0. The smallest absolute Gasteiger partial charge is 0.274 e. The van der Waals surface area contributed by atoms with Crippen LogP contribution in [0.4, 0.5) is 5.82 Å².